The molecule has 4 aliphatic rings. The molecule has 7 rings (SSSR count). The summed E-state index contributed by atoms with van der Waals surface area (Å²) in [7, 11) is 0. The Morgan fingerprint density at radius 1 is 0.784 bits per heavy atom. The summed E-state index contributed by atoms with van der Waals surface area (Å²) in [6.07, 6.45) is 5.54. The summed E-state index contributed by atoms with van der Waals surface area (Å²) in [6, 6.07) is 12.2. The van der Waals surface area contributed by atoms with Crippen LogP contribution in [-0.4, -0.2) is 234 Å². The van der Waals surface area contributed by atoms with Crippen molar-refractivity contribution in [3.05, 3.63) is 76.8 Å². The van der Waals surface area contributed by atoms with Crippen LogP contribution in [0.25, 0.3) is 15.6 Å². The Labute approximate surface area is 467 Å². The molecule has 3 fully saturated rings. The van der Waals surface area contributed by atoms with Crippen LogP contribution in [0, 0.1) is 43.4 Å². The van der Waals surface area contributed by atoms with Crippen molar-refractivity contribution in [1.82, 2.24) is 44.7 Å². The molecule has 2 atom stereocenters. The molecule has 1 aromatic heterocycles. The monoisotopic (exact) mass is 1200 g/mol. The van der Waals surface area contributed by atoms with Gasteiger partial charge in [0, 0.05) is 145 Å². The molecule has 0 bridgehead atoms. The standard InChI is InChI=1S/C51H69ClN12O9.Lu/c1-3-45(66)64-28-27-63(30-39(64)29-53-2)50-40-14-18-62(43-13-7-10-37-9-6-12-41(52)49(37)43)31-42(40)55-51(56-50)73-36-38-11-8-17-61(38)16-5-4-15-54-44(65)32-57-19-21-58(33-46(67)68)23-25-60(35-48(71)72)26-24-59(22-20-57)34-47(69)70;/h3,6-7,9-10,12-13,38-39H,1,4-5,8,11,14-36H2,(H,54,65)(H,67,68)(H,69,70)(H,71,72);/t38-,39-;/m0./s1. The smallest absolute Gasteiger partial charge is 0.318 e. The number of carbonyl (C=O) groups is 5. The molecule has 4 N–H and O–H groups in total. The number of ether oxygens (including phenoxy) is 1. The van der Waals surface area contributed by atoms with E-state index in [1.807, 2.05) is 23.1 Å². The van der Waals surface area contributed by atoms with Crippen LogP contribution in [0.3, 0.4) is 0 Å². The summed E-state index contributed by atoms with van der Waals surface area (Å²) >= 11 is 6.79. The van der Waals surface area contributed by atoms with Crippen molar-refractivity contribution in [1.29, 1.82) is 0 Å². The van der Waals surface area contributed by atoms with E-state index in [9.17, 15) is 39.3 Å². The van der Waals surface area contributed by atoms with Crippen molar-refractivity contribution in [2.75, 3.05) is 147 Å². The average Bonchev–Trinajstić information content (AvgIpc) is 3.82. The Morgan fingerprint density at radius 2 is 1.41 bits per heavy atom. The van der Waals surface area contributed by atoms with Crippen LogP contribution < -0.4 is 19.9 Å². The summed E-state index contributed by atoms with van der Waals surface area (Å²) in [6.45, 7) is 18.7. The van der Waals surface area contributed by atoms with Crippen LogP contribution in [0.15, 0.2) is 49.1 Å². The molecule has 0 aliphatic carbocycles. The normalized spacial score (nSPS) is 19.9. The van der Waals surface area contributed by atoms with E-state index in [-0.39, 0.29) is 99.5 Å². The number of unbranched alkanes of at least 4 members (excludes halogenated alkanes) is 1. The molecular weight excluding hydrogens is 1140 g/mol. The molecule has 409 valence electrons. The van der Waals surface area contributed by atoms with Crippen molar-refractivity contribution in [3.63, 3.8) is 0 Å². The molecule has 0 saturated carbocycles. The number of aliphatic carboxylic acids is 3. The van der Waals surface area contributed by atoms with Gasteiger partial charge in [0.2, 0.25) is 18.4 Å². The van der Waals surface area contributed by atoms with Crippen LogP contribution in [-0.2, 0) is 36.9 Å². The Bertz CT molecular complexity index is 2450. The first-order valence-electron chi connectivity index (χ1n) is 25.3. The van der Waals surface area contributed by atoms with Gasteiger partial charge in [-0.1, -0.05) is 42.4 Å². The number of carboxylic acids is 3. The van der Waals surface area contributed by atoms with Gasteiger partial charge in [0.15, 0.2) is 0 Å². The third-order valence-corrected chi connectivity index (χ3v) is 14.5. The van der Waals surface area contributed by atoms with Crippen LogP contribution in [0.1, 0.15) is 36.9 Å². The number of nitrogens with one attached hydrogen (secondary N) is 1. The summed E-state index contributed by atoms with van der Waals surface area (Å²) < 4.78 is 6.54. The minimum Gasteiger partial charge on any atom is -0.480 e. The van der Waals surface area contributed by atoms with Crippen LogP contribution in [0.5, 0.6) is 6.01 Å². The van der Waals surface area contributed by atoms with E-state index in [1.165, 1.54) is 6.08 Å². The Morgan fingerprint density at radius 3 is 2.01 bits per heavy atom. The fraction of sp³-hybridized carbons (Fsp3) is 0.569. The summed E-state index contributed by atoms with van der Waals surface area (Å²) in [5.41, 5.74) is 2.93. The van der Waals surface area contributed by atoms with Gasteiger partial charge in [-0.05, 0) is 68.8 Å². The molecule has 2 amide bonds. The number of carboxylic acid groups (broad SMARTS) is 3. The van der Waals surface area contributed by atoms with Gasteiger partial charge in [-0.25, -0.2) is 6.57 Å². The number of benzene rings is 2. The van der Waals surface area contributed by atoms with Gasteiger partial charge in [0.25, 0.3) is 0 Å². The van der Waals surface area contributed by atoms with E-state index in [2.05, 4.69) is 49.6 Å². The number of aromatic nitrogens is 2. The zero-order chi connectivity index (χ0) is 51.9. The number of amides is 2. The molecule has 23 heteroatoms. The first kappa shape index (κ1) is 58.3. The van der Waals surface area contributed by atoms with Gasteiger partial charge in [-0.2, -0.15) is 9.97 Å². The number of hydrogen-bond acceptors (Lipinski definition) is 15. The molecule has 0 spiro atoms. The maximum absolute atomic E-state index is 13.3. The number of piperazine rings is 1. The minimum atomic E-state index is -1.02. The third kappa shape index (κ3) is 16.5. The van der Waals surface area contributed by atoms with Crippen molar-refractivity contribution in [2.24, 2.45) is 0 Å². The SMILES string of the molecule is [C-]#[N+]C[C@H]1CN(c2nc(OC[C@@H]3CCCN3CCCCNC(=O)CN3CCN(CC(=O)O)CCN(CC(=O)O)CCN(CC(=O)O)CC3)nc3c2CCN(c2cccc4cccc(Cl)c24)C3)CCN1C(=O)C=C.[Lu]. The van der Waals surface area contributed by atoms with E-state index in [0.717, 1.165) is 78.9 Å². The second kappa shape index (κ2) is 28.8. The number of halogens is 1. The minimum absolute atomic E-state index is 0. The maximum atomic E-state index is 13.3. The molecule has 5 heterocycles. The second-order valence-corrected chi connectivity index (χ2v) is 19.6. The molecule has 2 aromatic carbocycles. The zero-order valence-corrected chi connectivity index (χ0v) is 44.3. The van der Waals surface area contributed by atoms with Gasteiger partial charge >= 0.3 is 23.9 Å². The first-order chi connectivity index (χ1) is 35.3. The molecule has 1 radical (unpaired) electrons. The number of rotatable bonds is 20. The molecule has 74 heavy (non-hydrogen) atoms. The summed E-state index contributed by atoms with van der Waals surface area (Å²) in [5, 5.41) is 34.3. The van der Waals surface area contributed by atoms with Crippen LogP contribution in [0.2, 0.25) is 5.02 Å². The van der Waals surface area contributed by atoms with Gasteiger partial charge < -0.3 is 44.9 Å². The molecule has 21 nitrogen and oxygen atoms in total. The number of likely N-dealkylation sites (tertiary alicyclic amines) is 1. The first-order valence-corrected chi connectivity index (χ1v) is 25.7. The number of hydrogen-bond donors (Lipinski definition) is 4. The van der Waals surface area contributed by atoms with E-state index >= 15 is 0 Å². The van der Waals surface area contributed by atoms with Crippen molar-refractivity contribution in [3.8, 4) is 6.01 Å². The van der Waals surface area contributed by atoms with Crippen molar-refractivity contribution in [2.45, 2.75) is 50.7 Å². The number of nitrogens with zero attached hydrogens (tertiary/aromatic N) is 11. The van der Waals surface area contributed by atoms with Crippen molar-refractivity contribution >= 4 is 63.6 Å². The van der Waals surface area contributed by atoms with E-state index in [4.69, 9.17) is 32.9 Å². The van der Waals surface area contributed by atoms with Crippen LogP contribution in [0.4, 0.5) is 11.5 Å². The maximum Gasteiger partial charge on any atom is 0.318 e. The predicted molar refractivity (Wildman–Crippen MR) is 276 cm³/mol. The number of fused-ring (bicyclic) bond motifs is 2. The van der Waals surface area contributed by atoms with Gasteiger partial charge in [-0.3, -0.25) is 48.5 Å². The molecule has 3 saturated heterocycles. The summed E-state index contributed by atoms with van der Waals surface area (Å²) in [4.78, 5) is 90.5. The van der Waals surface area contributed by atoms with Crippen LogP contribution >= 0.6 is 11.6 Å². The van der Waals surface area contributed by atoms with Gasteiger partial charge in [-0.15, -0.1) is 0 Å². The molecule has 0 unspecified atom stereocenters. The summed E-state index contributed by atoms with van der Waals surface area (Å²) in [5.74, 6) is -2.62. The van der Waals surface area contributed by atoms with Crippen molar-refractivity contribution < 1.29 is 80.9 Å². The predicted octanol–water partition coefficient (Wildman–Crippen LogP) is 2.18. The Balaban J connectivity index is 0.00000892. The van der Waals surface area contributed by atoms with E-state index in [1.54, 1.807) is 19.6 Å². The quantitative estimate of drug-likeness (QED) is 0.0723. The molecule has 3 aromatic rings. The van der Waals surface area contributed by atoms with Gasteiger partial charge in [0.1, 0.15) is 18.5 Å². The van der Waals surface area contributed by atoms with E-state index < -0.39 is 17.9 Å². The Kier molecular flexibility index (Phi) is 22.7. The molecular formula is C51H69ClLuN12O9. The van der Waals surface area contributed by atoms with Gasteiger partial charge in [0.05, 0.1) is 43.4 Å². The fourth-order valence-electron chi connectivity index (χ4n) is 10.4. The fourth-order valence-corrected chi connectivity index (χ4v) is 10.7. The Hall–Kier alpha value is -4.92. The zero-order valence-electron chi connectivity index (χ0n) is 41.8. The molecule has 4 aliphatic heterocycles. The number of carbonyl (C=O) groups excluding carboxylic acids is 2. The number of anilines is 2. The van der Waals surface area contributed by atoms with E-state index in [0.29, 0.717) is 103 Å². The third-order valence-electron chi connectivity index (χ3n) is 14.2. The largest absolute Gasteiger partial charge is 0.480 e. The topological polar surface area (TPSA) is 223 Å². The second-order valence-electron chi connectivity index (χ2n) is 19.2. The average molecular weight is 1200 g/mol.